The lowest BCUT2D eigenvalue weighted by Crippen LogP contribution is -2.65. The number of carbonyl (C=O) groups is 2. The minimum atomic E-state index is -0.894. The summed E-state index contributed by atoms with van der Waals surface area (Å²) in [4.78, 5) is 25.3. The summed E-state index contributed by atoms with van der Waals surface area (Å²) < 4.78 is 0. The van der Waals surface area contributed by atoms with Crippen molar-refractivity contribution >= 4 is 11.9 Å². The first-order valence-electron chi connectivity index (χ1n) is 10.5. The van der Waals surface area contributed by atoms with Gasteiger partial charge in [-0.25, -0.2) is 0 Å². The van der Waals surface area contributed by atoms with Crippen molar-refractivity contribution in [3.63, 3.8) is 0 Å². The van der Waals surface area contributed by atoms with Crippen LogP contribution < -0.4 is 32.7 Å². The first-order valence-corrected chi connectivity index (χ1v) is 10.5. The summed E-state index contributed by atoms with van der Waals surface area (Å²) in [5, 5.41) is 22.0. The predicted octanol–water partition coefficient (Wildman–Crippen LogP) is -2.27. The molecule has 29 heavy (non-hydrogen) atoms. The molecule has 1 amide bonds. The van der Waals surface area contributed by atoms with Gasteiger partial charge in [-0.2, -0.15) is 0 Å². The molecule has 1 saturated heterocycles. The number of nitrogens with zero attached hydrogens (tertiary/aromatic N) is 1. The summed E-state index contributed by atoms with van der Waals surface area (Å²) in [5.41, 5.74) is 11.5. The van der Waals surface area contributed by atoms with Crippen molar-refractivity contribution in [1.29, 1.82) is 0 Å². The highest BCUT2D eigenvalue weighted by molar-refractivity contribution is 5.77. The third-order valence-corrected chi connectivity index (χ3v) is 5.36. The normalized spacial score (nSPS) is 28.4. The molecule has 1 aliphatic rings. The molecule has 1 heterocycles. The van der Waals surface area contributed by atoms with E-state index in [1.807, 2.05) is 0 Å². The van der Waals surface area contributed by atoms with E-state index in [2.05, 4.69) is 40.1 Å². The lowest BCUT2D eigenvalue weighted by atomic mass is 9.90. The van der Waals surface area contributed by atoms with Crippen molar-refractivity contribution in [3.05, 3.63) is 0 Å². The Morgan fingerprint density at radius 3 is 2.24 bits per heavy atom. The molecule has 1 aliphatic heterocycles. The molecular formula is C19H41N7O3. The van der Waals surface area contributed by atoms with E-state index in [0.29, 0.717) is 26.1 Å². The van der Waals surface area contributed by atoms with Crippen LogP contribution in [0.1, 0.15) is 26.2 Å². The predicted molar refractivity (Wildman–Crippen MR) is 115 cm³/mol. The Morgan fingerprint density at radius 1 is 1.03 bits per heavy atom. The topological polar surface area (TPSA) is 158 Å². The van der Waals surface area contributed by atoms with E-state index in [9.17, 15) is 9.59 Å². The molecule has 2 atom stereocenters. The van der Waals surface area contributed by atoms with Crippen LogP contribution in [0, 0.1) is 5.41 Å². The minimum Gasteiger partial charge on any atom is -0.481 e. The third-order valence-electron chi connectivity index (χ3n) is 5.36. The molecule has 10 heteroatoms. The summed E-state index contributed by atoms with van der Waals surface area (Å²) >= 11 is 0. The molecule has 1 rings (SSSR count). The van der Waals surface area contributed by atoms with Gasteiger partial charge in [0.15, 0.2) is 0 Å². The van der Waals surface area contributed by atoms with E-state index in [0.717, 1.165) is 39.3 Å². The van der Waals surface area contributed by atoms with E-state index in [-0.39, 0.29) is 30.7 Å². The van der Waals surface area contributed by atoms with Crippen LogP contribution in [0.25, 0.3) is 0 Å². The number of nitrogens with one attached hydrogen (secondary N) is 4. The number of rotatable bonds is 7. The number of hydrogen-bond acceptors (Lipinski definition) is 8. The molecule has 0 radical (unpaired) electrons. The molecule has 0 aromatic rings. The summed E-state index contributed by atoms with van der Waals surface area (Å²) in [6, 6.07) is 0. The molecule has 1 fully saturated rings. The van der Waals surface area contributed by atoms with Gasteiger partial charge in [-0.1, -0.05) is 6.92 Å². The average molecular weight is 416 g/mol. The molecule has 170 valence electrons. The van der Waals surface area contributed by atoms with Crippen molar-refractivity contribution in [1.82, 2.24) is 26.2 Å². The fourth-order valence-corrected chi connectivity index (χ4v) is 3.52. The van der Waals surface area contributed by atoms with Gasteiger partial charge in [-0.15, -0.1) is 0 Å². The second-order valence-electron chi connectivity index (χ2n) is 8.56. The first kappa shape index (κ1) is 25.7. The van der Waals surface area contributed by atoms with Crippen LogP contribution >= 0.6 is 0 Å². The zero-order chi connectivity index (χ0) is 21.8. The van der Waals surface area contributed by atoms with Gasteiger partial charge in [0, 0.05) is 83.7 Å². The van der Waals surface area contributed by atoms with Gasteiger partial charge in [-0.3, -0.25) is 9.59 Å². The summed E-state index contributed by atoms with van der Waals surface area (Å²) in [5.74, 6) is -1.06. The number of carbonyl (C=O) groups excluding carboxylic acids is 1. The molecule has 0 unspecified atom stereocenters. The Balaban J connectivity index is 2.68. The number of aliphatic carboxylic acids is 1. The molecule has 0 saturated carbocycles. The monoisotopic (exact) mass is 415 g/mol. The standard InChI is InChI=1S/C19H41N7O3/c1-18(10-20)12-22-6-7-23-13-19(11-21,14-24-8-9-26(2)15-18)25-16(27)4-3-5-17(28)29/h22-24H,3-15,20-21H2,1-2H3,(H,25,27)(H,28,29)/t18-,19+/m1/s1. The lowest BCUT2D eigenvalue weighted by molar-refractivity contribution is -0.137. The highest BCUT2D eigenvalue weighted by atomic mass is 16.4. The minimum absolute atomic E-state index is 0.0146. The number of likely N-dealkylation sites (N-methyl/N-ethyl adjacent to an activating group) is 1. The van der Waals surface area contributed by atoms with Gasteiger partial charge in [0.25, 0.3) is 0 Å². The average Bonchev–Trinajstić information content (AvgIpc) is 2.66. The van der Waals surface area contributed by atoms with Crippen LogP contribution in [0.2, 0.25) is 0 Å². The summed E-state index contributed by atoms with van der Waals surface area (Å²) in [6.45, 7) is 9.07. The molecular weight excluding hydrogens is 374 g/mol. The van der Waals surface area contributed by atoms with E-state index in [4.69, 9.17) is 16.6 Å². The van der Waals surface area contributed by atoms with Gasteiger partial charge in [0.1, 0.15) is 0 Å². The number of amides is 1. The van der Waals surface area contributed by atoms with Crippen LogP contribution in [0.3, 0.4) is 0 Å². The van der Waals surface area contributed by atoms with Gasteiger partial charge < -0.3 is 42.7 Å². The van der Waals surface area contributed by atoms with E-state index in [1.165, 1.54) is 0 Å². The fraction of sp³-hybridized carbons (Fsp3) is 0.895. The number of nitrogens with two attached hydrogens (primary N) is 2. The van der Waals surface area contributed by atoms with Crippen LogP contribution in [0.4, 0.5) is 0 Å². The SMILES string of the molecule is CN1CCNC[C@@](CN)(NC(=O)CCCC(=O)O)CNCCNC[C@@](C)(CN)C1. The van der Waals surface area contributed by atoms with Crippen LogP contribution in [-0.4, -0.2) is 99.9 Å². The van der Waals surface area contributed by atoms with E-state index in [1.54, 1.807) is 0 Å². The molecule has 0 spiro atoms. The van der Waals surface area contributed by atoms with Crippen LogP contribution in [0.15, 0.2) is 0 Å². The maximum atomic E-state index is 12.3. The van der Waals surface area contributed by atoms with Gasteiger partial charge in [0.2, 0.25) is 5.91 Å². The highest BCUT2D eigenvalue weighted by Crippen LogP contribution is 2.14. The lowest BCUT2D eigenvalue weighted by Gasteiger charge is -2.36. The fourth-order valence-electron chi connectivity index (χ4n) is 3.52. The molecule has 0 aromatic carbocycles. The van der Waals surface area contributed by atoms with Gasteiger partial charge >= 0.3 is 5.97 Å². The quantitative estimate of drug-likeness (QED) is 0.243. The third kappa shape index (κ3) is 10.3. The van der Waals surface area contributed by atoms with Gasteiger partial charge in [-0.05, 0) is 13.5 Å². The Bertz CT molecular complexity index is 508. The summed E-state index contributed by atoms with van der Waals surface area (Å²) in [6.07, 6.45) is 0.479. The Labute approximate surface area is 174 Å². The Morgan fingerprint density at radius 2 is 1.66 bits per heavy atom. The molecule has 0 aromatic heterocycles. The second-order valence-corrected chi connectivity index (χ2v) is 8.56. The second kappa shape index (κ2) is 13.1. The van der Waals surface area contributed by atoms with Crippen molar-refractivity contribution in [2.24, 2.45) is 16.9 Å². The molecule has 0 aliphatic carbocycles. The van der Waals surface area contributed by atoms with Crippen LogP contribution in [-0.2, 0) is 9.59 Å². The van der Waals surface area contributed by atoms with E-state index >= 15 is 0 Å². The first-order chi connectivity index (χ1) is 13.7. The largest absolute Gasteiger partial charge is 0.481 e. The van der Waals surface area contributed by atoms with Crippen molar-refractivity contribution < 1.29 is 14.7 Å². The van der Waals surface area contributed by atoms with Crippen molar-refractivity contribution in [2.75, 3.05) is 72.5 Å². The van der Waals surface area contributed by atoms with Crippen molar-refractivity contribution in [3.8, 4) is 0 Å². The smallest absolute Gasteiger partial charge is 0.303 e. The summed E-state index contributed by atoms with van der Waals surface area (Å²) in [7, 11) is 2.09. The maximum Gasteiger partial charge on any atom is 0.303 e. The van der Waals surface area contributed by atoms with E-state index < -0.39 is 11.5 Å². The zero-order valence-corrected chi connectivity index (χ0v) is 18.1. The number of carboxylic acids is 1. The highest BCUT2D eigenvalue weighted by Gasteiger charge is 2.30. The number of carboxylic acid groups (broad SMARTS) is 1. The van der Waals surface area contributed by atoms with Crippen molar-refractivity contribution in [2.45, 2.75) is 31.7 Å². The van der Waals surface area contributed by atoms with Crippen LogP contribution in [0.5, 0.6) is 0 Å². The molecule has 10 nitrogen and oxygen atoms in total. The molecule has 9 N–H and O–H groups in total. The Hall–Kier alpha value is -1.30. The number of hydrogen-bond donors (Lipinski definition) is 7. The molecule has 0 bridgehead atoms. The maximum absolute atomic E-state index is 12.3. The Kier molecular flexibility index (Phi) is 11.6. The zero-order valence-electron chi connectivity index (χ0n) is 18.1. The van der Waals surface area contributed by atoms with Gasteiger partial charge in [0.05, 0.1) is 5.54 Å².